The molecule has 1 aromatic carbocycles. The van der Waals surface area contributed by atoms with E-state index in [0.717, 1.165) is 13.1 Å². The Kier molecular flexibility index (Phi) is 6.48. The predicted molar refractivity (Wildman–Crippen MR) is 106 cm³/mol. The monoisotopic (exact) mass is 405 g/mol. The molecule has 8 nitrogen and oxygen atoms in total. The van der Waals surface area contributed by atoms with Crippen molar-refractivity contribution in [3.05, 3.63) is 39.9 Å². The molecule has 29 heavy (non-hydrogen) atoms. The van der Waals surface area contributed by atoms with Gasteiger partial charge in [0.2, 0.25) is 5.43 Å². The van der Waals surface area contributed by atoms with Gasteiger partial charge in [0.15, 0.2) is 0 Å². The summed E-state index contributed by atoms with van der Waals surface area (Å²) >= 11 is 0. The first kappa shape index (κ1) is 20.8. The molecule has 9 heteroatoms. The van der Waals surface area contributed by atoms with Crippen LogP contribution in [0.4, 0.5) is 10.1 Å². The van der Waals surface area contributed by atoms with Crippen molar-refractivity contribution in [1.29, 1.82) is 0 Å². The van der Waals surface area contributed by atoms with Crippen LogP contribution < -0.4 is 15.6 Å². The highest BCUT2D eigenvalue weighted by Crippen LogP contribution is 2.25. The Morgan fingerprint density at radius 3 is 2.52 bits per heavy atom. The Bertz CT molecular complexity index is 982. The fourth-order valence-corrected chi connectivity index (χ4v) is 3.35. The van der Waals surface area contributed by atoms with Crippen molar-refractivity contribution in [3.8, 4) is 0 Å². The third-order valence-corrected chi connectivity index (χ3v) is 4.79. The number of hydrogen-bond donors (Lipinski definition) is 1. The van der Waals surface area contributed by atoms with E-state index in [4.69, 9.17) is 9.47 Å². The highest BCUT2D eigenvalue weighted by atomic mass is 19.1. The Morgan fingerprint density at radius 2 is 1.86 bits per heavy atom. The molecule has 0 atom stereocenters. The molecule has 2 heterocycles. The molecule has 0 bridgehead atoms. The highest BCUT2D eigenvalue weighted by molar-refractivity contribution is 5.94. The molecule has 2 aromatic rings. The number of pyridine rings is 1. The summed E-state index contributed by atoms with van der Waals surface area (Å²) in [6.07, 6.45) is 1.43. The Labute approximate surface area is 167 Å². The van der Waals surface area contributed by atoms with Crippen LogP contribution in [0.5, 0.6) is 0 Å². The summed E-state index contributed by atoms with van der Waals surface area (Å²) in [4.78, 5) is 37.9. The first-order valence-electron chi connectivity index (χ1n) is 9.55. The van der Waals surface area contributed by atoms with Gasteiger partial charge >= 0.3 is 11.9 Å². The second kappa shape index (κ2) is 9.04. The molecule has 0 amide bonds. The van der Waals surface area contributed by atoms with Gasteiger partial charge in [0.1, 0.15) is 24.6 Å². The lowest BCUT2D eigenvalue weighted by atomic mass is 10.1. The molecular weight excluding hydrogens is 381 g/mol. The number of esters is 2. The standard InChI is InChI=1S/C20H24FN3O5/c1-3-23-12-15(20(27)29-9-8-28-13(2)25)19(26)14-10-16(21)18(11-17(14)23)24-6-4-22-5-7-24/h10-12,22H,3-9H2,1-2H3. The van der Waals surface area contributed by atoms with Crippen molar-refractivity contribution in [3.63, 3.8) is 0 Å². The van der Waals surface area contributed by atoms with Crippen molar-refractivity contribution in [2.24, 2.45) is 0 Å². The zero-order valence-corrected chi connectivity index (χ0v) is 16.5. The smallest absolute Gasteiger partial charge is 0.343 e. The van der Waals surface area contributed by atoms with Crippen LogP contribution in [0, 0.1) is 5.82 Å². The summed E-state index contributed by atoms with van der Waals surface area (Å²) in [5, 5.41) is 3.34. The molecule has 3 rings (SSSR count). The van der Waals surface area contributed by atoms with E-state index in [9.17, 15) is 18.8 Å². The average molecular weight is 405 g/mol. The topological polar surface area (TPSA) is 89.9 Å². The quantitative estimate of drug-likeness (QED) is 0.572. The molecule has 1 aliphatic rings. The van der Waals surface area contributed by atoms with E-state index in [1.807, 2.05) is 11.8 Å². The third kappa shape index (κ3) is 4.56. The van der Waals surface area contributed by atoms with E-state index in [2.05, 4.69) is 5.32 Å². The van der Waals surface area contributed by atoms with Gasteiger partial charge in [-0.3, -0.25) is 9.59 Å². The molecule has 1 aliphatic heterocycles. The van der Waals surface area contributed by atoms with Crippen LogP contribution in [0.25, 0.3) is 10.9 Å². The van der Waals surface area contributed by atoms with Crippen molar-refractivity contribution < 1.29 is 23.5 Å². The van der Waals surface area contributed by atoms with Crippen LogP contribution in [-0.2, 0) is 20.8 Å². The maximum absolute atomic E-state index is 14.8. The summed E-state index contributed by atoms with van der Waals surface area (Å²) in [6.45, 7) is 6.19. The number of halogens is 1. The molecule has 0 spiro atoms. The number of rotatable bonds is 6. The average Bonchev–Trinajstić information content (AvgIpc) is 2.72. The normalized spacial score (nSPS) is 14.1. The molecule has 1 fully saturated rings. The number of carbonyl (C=O) groups is 2. The number of aryl methyl sites for hydroxylation is 1. The van der Waals surface area contributed by atoms with E-state index >= 15 is 0 Å². The van der Waals surface area contributed by atoms with Gasteiger partial charge in [-0.25, -0.2) is 9.18 Å². The molecule has 1 saturated heterocycles. The number of piperazine rings is 1. The van der Waals surface area contributed by atoms with E-state index in [1.54, 1.807) is 10.6 Å². The van der Waals surface area contributed by atoms with Gasteiger partial charge in [-0.2, -0.15) is 0 Å². The molecule has 1 N–H and O–H groups in total. The lowest BCUT2D eigenvalue weighted by Gasteiger charge is -2.30. The Morgan fingerprint density at radius 1 is 1.17 bits per heavy atom. The molecule has 156 valence electrons. The molecule has 1 aromatic heterocycles. The summed E-state index contributed by atoms with van der Waals surface area (Å²) in [5.74, 6) is -1.83. The predicted octanol–water partition coefficient (Wildman–Crippen LogP) is 1.29. The van der Waals surface area contributed by atoms with Crippen LogP contribution in [0.1, 0.15) is 24.2 Å². The number of aromatic nitrogens is 1. The van der Waals surface area contributed by atoms with Gasteiger partial charge in [-0.15, -0.1) is 0 Å². The maximum atomic E-state index is 14.8. The second-order valence-corrected chi connectivity index (χ2v) is 6.69. The summed E-state index contributed by atoms with van der Waals surface area (Å²) < 4.78 is 26.2. The SMILES string of the molecule is CCn1cc(C(=O)OCCOC(C)=O)c(=O)c2cc(F)c(N3CCNCC3)cc21. The number of ether oxygens (including phenoxy) is 2. The zero-order chi connectivity index (χ0) is 21.0. The second-order valence-electron chi connectivity index (χ2n) is 6.69. The largest absolute Gasteiger partial charge is 0.462 e. The van der Waals surface area contributed by atoms with E-state index in [1.165, 1.54) is 19.2 Å². The van der Waals surface area contributed by atoms with Crippen molar-refractivity contribution >= 4 is 28.5 Å². The van der Waals surface area contributed by atoms with Gasteiger partial charge in [0, 0.05) is 51.2 Å². The number of fused-ring (bicyclic) bond motifs is 1. The minimum Gasteiger partial charge on any atom is -0.462 e. The molecule has 0 saturated carbocycles. The van der Waals surface area contributed by atoms with Crippen LogP contribution in [-0.4, -0.2) is 55.9 Å². The minimum absolute atomic E-state index is 0.0979. The Hall–Kier alpha value is -2.94. The van der Waals surface area contributed by atoms with E-state index in [0.29, 0.717) is 30.8 Å². The minimum atomic E-state index is -0.835. The van der Waals surface area contributed by atoms with Gasteiger partial charge in [-0.1, -0.05) is 0 Å². The lowest BCUT2D eigenvalue weighted by molar-refractivity contribution is -0.142. The van der Waals surface area contributed by atoms with Crippen LogP contribution >= 0.6 is 0 Å². The van der Waals surface area contributed by atoms with Crippen LogP contribution in [0.3, 0.4) is 0 Å². The molecule has 0 radical (unpaired) electrons. The number of nitrogens with one attached hydrogen (secondary N) is 1. The van der Waals surface area contributed by atoms with E-state index in [-0.39, 0.29) is 24.2 Å². The summed E-state index contributed by atoms with van der Waals surface area (Å²) in [5.41, 5.74) is 0.227. The van der Waals surface area contributed by atoms with Gasteiger partial charge in [0.25, 0.3) is 0 Å². The van der Waals surface area contributed by atoms with E-state index < -0.39 is 23.2 Å². The fourth-order valence-electron chi connectivity index (χ4n) is 3.35. The number of carbonyl (C=O) groups excluding carboxylic acids is 2. The molecule has 0 unspecified atom stereocenters. The van der Waals surface area contributed by atoms with Crippen molar-refractivity contribution in [2.45, 2.75) is 20.4 Å². The van der Waals surface area contributed by atoms with Gasteiger partial charge in [-0.05, 0) is 19.1 Å². The van der Waals surface area contributed by atoms with Crippen molar-refractivity contribution in [1.82, 2.24) is 9.88 Å². The maximum Gasteiger partial charge on any atom is 0.343 e. The summed E-state index contributed by atoms with van der Waals surface area (Å²) in [6, 6.07) is 2.85. The summed E-state index contributed by atoms with van der Waals surface area (Å²) in [7, 11) is 0. The van der Waals surface area contributed by atoms with Crippen LogP contribution in [0.2, 0.25) is 0 Å². The van der Waals surface area contributed by atoms with Gasteiger partial charge < -0.3 is 24.3 Å². The van der Waals surface area contributed by atoms with Gasteiger partial charge in [0.05, 0.1) is 11.2 Å². The Balaban J connectivity index is 1.95. The fraction of sp³-hybridized carbons (Fsp3) is 0.450. The number of hydrogen-bond acceptors (Lipinski definition) is 7. The highest BCUT2D eigenvalue weighted by Gasteiger charge is 2.21. The number of anilines is 1. The first-order chi connectivity index (χ1) is 13.9. The third-order valence-electron chi connectivity index (χ3n) is 4.79. The van der Waals surface area contributed by atoms with Crippen LogP contribution in [0.15, 0.2) is 23.1 Å². The number of nitrogens with zero attached hydrogens (tertiary/aromatic N) is 2. The number of benzene rings is 1. The lowest BCUT2D eigenvalue weighted by Crippen LogP contribution is -2.43. The molecular formula is C20H24FN3O5. The molecule has 0 aliphatic carbocycles. The first-order valence-corrected chi connectivity index (χ1v) is 9.55. The zero-order valence-electron chi connectivity index (χ0n) is 16.5. The van der Waals surface area contributed by atoms with Crippen molar-refractivity contribution in [2.75, 3.05) is 44.3 Å².